The van der Waals surface area contributed by atoms with Crippen molar-refractivity contribution in [3.8, 4) is 0 Å². The minimum Gasteiger partial charge on any atom is -0.466 e. The molecule has 2 aliphatic rings. The van der Waals surface area contributed by atoms with Gasteiger partial charge < -0.3 is 19.1 Å². The van der Waals surface area contributed by atoms with Gasteiger partial charge in [0.1, 0.15) is 6.61 Å². The van der Waals surface area contributed by atoms with E-state index in [1.807, 2.05) is 37.3 Å². The van der Waals surface area contributed by atoms with Crippen LogP contribution >= 0.6 is 0 Å². The summed E-state index contributed by atoms with van der Waals surface area (Å²) < 4.78 is 16.8. The number of benzene rings is 1. The molecule has 1 amide bonds. The lowest BCUT2D eigenvalue weighted by Gasteiger charge is -2.35. The summed E-state index contributed by atoms with van der Waals surface area (Å²) in [5, 5.41) is 0. The predicted octanol–water partition coefficient (Wildman–Crippen LogP) is 3.93. The molecule has 1 saturated heterocycles. The van der Waals surface area contributed by atoms with Crippen LogP contribution in [0.25, 0.3) is 0 Å². The number of rotatable bonds is 6. The lowest BCUT2D eigenvalue weighted by atomic mass is 9.87. The van der Waals surface area contributed by atoms with Crippen molar-refractivity contribution >= 4 is 12.1 Å². The fourth-order valence-electron chi connectivity index (χ4n) is 3.95. The summed E-state index contributed by atoms with van der Waals surface area (Å²) in [5.41, 5.74) is 0.993. The van der Waals surface area contributed by atoms with Crippen molar-refractivity contribution in [1.29, 1.82) is 0 Å². The molecular formula is C22H31NO5. The van der Waals surface area contributed by atoms with Gasteiger partial charge in [0.15, 0.2) is 0 Å². The van der Waals surface area contributed by atoms with E-state index in [1.165, 1.54) is 0 Å². The van der Waals surface area contributed by atoms with Crippen LogP contribution in [-0.4, -0.2) is 48.9 Å². The highest BCUT2D eigenvalue weighted by Crippen LogP contribution is 2.29. The molecule has 3 rings (SSSR count). The number of ether oxygens (including phenoxy) is 3. The first-order valence-corrected chi connectivity index (χ1v) is 10.4. The number of carbonyl (C=O) groups is 2. The van der Waals surface area contributed by atoms with E-state index in [1.54, 1.807) is 4.90 Å². The maximum Gasteiger partial charge on any atom is 0.410 e. The van der Waals surface area contributed by atoms with Gasteiger partial charge in [-0.3, -0.25) is 4.79 Å². The topological polar surface area (TPSA) is 65.1 Å². The molecule has 1 heterocycles. The number of likely N-dealkylation sites (tertiary alicyclic amines) is 1. The van der Waals surface area contributed by atoms with Gasteiger partial charge in [-0.1, -0.05) is 30.3 Å². The van der Waals surface area contributed by atoms with E-state index < -0.39 is 0 Å². The minimum absolute atomic E-state index is 0.0287. The zero-order valence-corrected chi connectivity index (χ0v) is 16.7. The SMILES string of the molecule is CCOC(=O)[C@H]1CC[C@H](OC2CCN(C(=O)OCc3ccccc3)CC2)CC1. The van der Waals surface area contributed by atoms with E-state index in [-0.39, 0.29) is 30.2 Å². The van der Waals surface area contributed by atoms with E-state index in [2.05, 4.69) is 0 Å². The van der Waals surface area contributed by atoms with Gasteiger partial charge in [0, 0.05) is 13.1 Å². The maximum absolute atomic E-state index is 12.2. The Hall–Kier alpha value is -2.08. The Labute approximate surface area is 167 Å². The molecule has 1 aromatic carbocycles. The lowest BCUT2D eigenvalue weighted by molar-refractivity contribution is -0.150. The number of hydrogen-bond acceptors (Lipinski definition) is 5. The van der Waals surface area contributed by atoms with Crippen molar-refractivity contribution < 1.29 is 23.8 Å². The van der Waals surface area contributed by atoms with Gasteiger partial charge >= 0.3 is 12.1 Å². The van der Waals surface area contributed by atoms with E-state index in [0.29, 0.717) is 26.3 Å². The van der Waals surface area contributed by atoms with Crippen molar-refractivity contribution in [1.82, 2.24) is 4.90 Å². The molecular weight excluding hydrogens is 358 g/mol. The Kier molecular flexibility index (Phi) is 7.71. The molecule has 0 N–H and O–H groups in total. The van der Waals surface area contributed by atoms with Gasteiger partial charge in [0.05, 0.1) is 24.7 Å². The monoisotopic (exact) mass is 389 g/mol. The molecule has 1 aromatic rings. The molecule has 0 aromatic heterocycles. The molecule has 1 aliphatic heterocycles. The molecule has 0 bridgehead atoms. The zero-order chi connectivity index (χ0) is 19.8. The summed E-state index contributed by atoms with van der Waals surface area (Å²) in [6, 6.07) is 9.71. The first kappa shape index (κ1) is 20.6. The van der Waals surface area contributed by atoms with Crippen LogP contribution in [0.2, 0.25) is 0 Å². The van der Waals surface area contributed by atoms with Crippen LogP contribution in [0.3, 0.4) is 0 Å². The first-order valence-electron chi connectivity index (χ1n) is 10.4. The van der Waals surface area contributed by atoms with Crippen LogP contribution in [0.5, 0.6) is 0 Å². The molecule has 6 nitrogen and oxygen atoms in total. The summed E-state index contributed by atoms with van der Waals surface area (Å²) in [6.45, 7) is 3.92. The number of amides is 1. The summed E-state index contributed by atoms with van der Waals surface area (Å²) in [5.74, 6) is -0.0377. The molecule has 154 valence electrons. The molecule has 0 spiro atoms. The van der Waals surface area contributed by atoms with Crippen LogP contribution < -0.4 is 0 Å². The molecule has 2 fully saturated rings. The van der Waals surface area contributed by atoms with Crippen LogP contribution in [0.15, 0.2) is 30.3 Å². The normalized spacial score (nSPS) is 23.2. The van der Waals surface area contributed by atoms with Crippen molar-refractivity contribution in [3.63, 3.8) is 0 Å². The molecule has 6 heteroatoms. The molecule has 1 aliphatic carbocycles. The van der Waals surface area contributed by atoms with E-state index in [0.717, 1.165) is 44.1 Å². The second-order valence-electron chi connectivity index (χ2n) is 7.59. The smallest absolute Gasteiger partial charge is 0.410 e. The van der Waals surface area contributed by atoms with Crippen molar-refractivity contribution in [2.24, 2.45) is 5.92 Å². The molecule has 0 unspecified atom stereocenters. The summed E-state index contributed by atoms with van der Waals surface area (Å²) in [4.78, 5) is 25.8. The van der Waals surface area contributed by atoms with E-state index in [4.69, 9.17) is 14.2 Å². The molecule has 1 saturated carbocycles. The Balaban J connectivity index is 1.33. The number of esters is 1. The third-order valence-corrected chi connectivity index (χ3v) is 5.58. The van der Waals surface area contributed by atoms with Crippen molar-refractivity contribution in [2.45, 2.75) is 64.3 Å². The fraction of sp³-hybridized carbons (Fsp3) is 0.636. The standard InChI is InChI=1S/C22H31NO5/c1-2-26-21(24)18-8-10-19(11-9-18)28-20-12-14-23(15-13-20)22(25)27-16-17-6-4-3-5-7-17/h3-7,18-20H,2,8-16H2,1H3/t18-,19-. The largest absolute Gasteiger partial charge is 0.466 e. The van der Waals surface area contributed by atoms with Gasteiger partial charge in [-0.25, -0.2) is 4.79 Å². The van der Waals surface area contributed by atoms with Gasteiger partial charge in [-0.15, -0.1) is 0 Å². The third kappa shape index (κ3) is 5.96. The number of piperidine rings is 1. The average molecular weight is 389 g/mol. The third-order valence-electron chi connectivity index (χ3n) is 5.58. The van der Waals surface area contributed by atoms with Crippen LogP contribution in [0.1, 0.15) is 51.0 Å². The highest BCUT2D eigenvalue weighted by molar-refractivity contribution is 5.72. The molecule has 0 atom stereocenters. The van der Waals surface area contributed by atoms with Crippen LogP contribution in [0.4, 0.5) is 4.79 Å². The molecule has 0 radical (unpaired) electrons. The van der Waals surface area contributed by atoms with Gasteiger partial charge in [-0.05, 0) is 51.0 Å². The minimum atomic E-state index is -0.253. The predicted molar refractivity (Wildman–Crippen MR) is 105 cm³/mol. The lowest BCUT2D eigenvalue weighted by Crippen LogP contribution is -2.42. The summed E-state index contributed by atoms with van der Waals surface area (Å²) in [7, 11) is 0. The number of nitrogens with zero attached hydrogens (tertiary/aromatic N) is 1. The van der Waals surface area contributed by atoms with E-state index >= 15 is 0 Å². The second-order valence-corrected chi connectivity index (χ2v) is 7.59. The van der Waals surface area contributed by atoms with Crippen molar-refractivity contribution in [2.75, 3.05) is 19.7 Å². The highest BCUT2D eigenvalue weighted by Gasteiger charge is 2.31. The summed E-state index contributed by atoms with van der Waals surface area (Å²) in [6.07, 6.45) is 5.30. The number of hydrogen-bond donors (Lipinski definition) is 0. The zero-order valence-electron chi connectivity index (χ0n) is 16.7. The first-order chi connectivity index (χ1) is 13.7. The Morgan fingerprint density at radius 1 is 0.929 bits per heavy atom. The van der Waals surface area contributed by atoms with Gasteiger partial charge in [0.25, 0.3) is 0 Å². The van der Waals surface area contributed by atoms with Crippen LogP contribution in [-0.2, 0) is 25.6 Å². The van der Waals surface area contributed by atoms with Crippen molar-refractivity contribution in [3.05, 3.63) is 35.9 Å². The van der Waals surface area contributed by atoms with Gasteiger partial charge in [-0.2, -0.15) is 0 Å². The Morgan fingerprint density at radius 3 is 2.21 bits per heavy atom. The highest BCUT2D eigenvalue weighted by atomic mass is 16.6. The average Bonchev–Trinajstić information content (AvgIpc) is 2.74. The fourth-order valence-corrected chi connectivity index (χ4v) is 3.95. The van der Waals surface area contributed by atoms with E-state index in [9.17, 15) is 9.59 Å². The Morgan fingerprint density at radius 2 is 1.57 bits per heavy atom. The molecule has 28 heavy (non-hydrogen) atoms. The number of carbonyl (C=O) groups excluding carboxylic acids is 2. The second kappa shape index (κ2) is 10.5. The quantitative estimate of drug-likeness (QED) is 0.690. The Bertz CT molecular complexity index is 619. The van der Waals surface area contributed by atoms with Gasteiger partial charge in [0.2, 0.25) is 0 Å². The van der Waals surface area contributed by atoms with Crippen LogP contribution in [0, 0.1) is 5.92 Å². The summed E-state index contributed by atoms with van der Waals surface area (Å²) >= 11 is 0. The maximum atomic E-state index is 12.2.